The normalized spacial score (nSPS) is 18.3. The molecule has 1 aliphatic rings. The van der Waals surface area contributed by atoms with Crippen LogP contribution in [0.5, 0.6) is 0 Å². The van der Waals surface area contributed by atoms with Gasteiger partial charge in [-0.1, -0.05) is 6.42 Å². The Hall–Kier alpha value is -0.310. The molecule has 78 valence electrons. The number of nitrogens with zero attached hydrogens (tertiary/aromatic N) is 2. The van der Waals surface area contributed by atoms with Crippen molar-refractivity contribution in [3.05, 3.63) is 16.4 Å². The number of hydrogen-bond acceptors (Lipinski definition) is 1. The number of halogens is 1. The van der Waals surface area contributed by atoms with Crippen molar-refractivity contribution in [2.24, 2.45) is 0 Å². The fraction of sp³-hybridized carbons (Fsp3) is 0.727. The minimum Gasteiger partial charge on any atom is -0.263 e. The second kappa shape index (κ2) is 3.37. The average molecular weight is 257 g/mol. The highest BCUT2D eigenvalue weighted by Crippen LogP contribution is 2.38. The van der Waals surface area contributed by atoms with Gasteiger partial charge in [0.25, 0.3) is 0 Å². The zero-order chi connectivity index (χ0) is 10.3. The lowest BCUT2D eigenvalue weighted by Crippen LogP contribution is -2.27. The highest BCUT2D eigenvalue weighted by atomic mass is 79.9. The molecular weight excluding hydrogens is 240 g/mol. The Labute approximate surface area is 93.8 Å². The summed E-state index contributed by atoms with van der Waals surface area (Å²) in [6.07, 6.45) is 4.03. The third-order valence-electron chi connectivity index (χ3n) is 2.87. The van der Waals surface area contributed by atoms with Gasteiger partial charge in [-0.05, 0) is 55.6 Å². The van der Waals surface area contributed by atoms with Crippen LogP contribution in [0, 0.1) is 0 Å². The highest BCUT2D eigenvalue weighted by Gasteiger charge is 2.27. The summed E-state index contributed by atoms with van der Waals surface area (Å²) >= 11 is 3.47. The van der Waals surface area contributed by atoms with Gasteiger partial charge in [0.1, 0.15) is 4.60 Å². The molecule has 1 saturated carbocycles. The van der Waals surface area contributed by atoms with E-state index in [0.717, 1.165) is 10.5 Å². The van der Waals surface area contributed by atoms with Crippen LogP contribution < -0.4 is 0 Å². The summed E-state index contributed by atoms with van der Waals surface area (Å²) in [5.74, 6) is 0.744. The van der Waals surface area contributed by atoms with Gasteiger partial charge >= 0.3 is 0 Å². The van der Waals surface area contributed by atoms with E-state index < -0.39 is 0 Å². The van der Waals surface area contributed by atoms with Crippen molar-refractivity contribution < 1.29 is 0 Å². The molecule has 2 rings (SSSR count). The quantitative estimate of drug-likeness (QED) is 0.750. The van der Waals surface area contributed by atoms with Crippen LogP contribution >= 0.6 is 15.9 Å². The molecule has 0 radical (unpaired) electrons. The van der Waals surface area contributed by atoms with Gasteiger partial charge in [0, 0.05) is 11.6 Å². The van der Waals surface area contributed by atoms with Crippen LogP contribution in [-0.2, 0) is 5.54 Å². The standard InChI is InChI=1S/C11H17BrN2/c1-11(2,3)14-9(7-10(12)13-14)8-5-4-6-8/h7-8H,4-6H2,1-3H3. The minimum atomic E-state index is 0.0942. The molecule has 14 heavy (non-hydrogen) atoms. The Bertz CT molecular complexity index is 332. The molecule has 0 bridgehead atoms. The molecule has 0 aliphatic heterocycles. The number of aromatic nitrogens is 2. The van der Waals surface area contributed by atoms with E-state index >= 15 is 0 Å². The maximum Gasteiger partial charge on any atom is 0.128 e. The maximum absolute atomic E-state index is 4.52. The van der Waals surface area contributed by atoms with Crippen molar-refractivity contribution in [1.82, 2.24) is 9.78 Å². The van der Waals surface area contributed by atoms with E-state index in [-0.39, 0.29) is 5.54 Å². The summed E-state index contributed by atoms with van der Waals surface area (Å²) in [5, 5.41) is 4.52. The van der Waals surface area contributed by atoms with Crippen LogP contribution in [0.2, 0.25) is 0 Å². The first-order valence-electron chi connectivity index (χ1n) is 5.24. The molecule has 3 heteroatoms. The van der Waals surface area contributed by atoms with Crippen LogP contribution in [-0.4, -0.2) is 9.78 Å². The fourth-order valence-corrected chi connectivity index (χ4v) is 2.29. The summed E-state index contributed by atoms with van der Waals surface area (Å²) in [7, 11) is 0. The smallest absolute Gasteiger partial charge is 0.128 e. The lowest BCUT2D eigenvalue weighted by molar-refractivity contribution is 0.306. The van der Waals surface area contributed by atoms with Crippen molar-refractivity contribution in [3.8, 4) is 0 Å². The van der Waals surface area contributed by atoms with Gasteiger partial charge in [0.15, 0.2) is 0 Å². The van der Waals surface area contributed by atoms with Gasteiger partial charge in [-0.3, -0.25) is 4.68 Å². The Morgan fingerprint density at radius 3 is 2.50 bits per heavy atom. The van der Waals surface area contributed by atoms with Crippen LogP contribution in [0.25, 0.3) is 0 Å². The topological polar surface area (TPSA) is 17.8 Å². The fourth-order valence-electron chi connectivity index (χ4n) is 1.90. The Balaban J connectivity index is 2.37. The van der Waals surface area contributed by atoms with Crippen LogP contribution in [0.4, 0.5) is 0 Å². The molecular formula is C11H17BrN2. The number of rotatable bonds is 1. The highest BCUT2D eigenvalue weighted by molar-refractivity contribution is 9.10. The Morgan fingerprint density at radius 1 is 1.43 bits per heavy atom. The van der Waals surface area contributed by atoms with E-state index in [2.05, 4.69) is 52.5 Å². The third-order valence-corrected chi connectivity index (χ3v) is 3.25. The Morgan fingerprint density at radius 2 is 2.07 bits per heavy atom. The van der Waals surface area contributed by atoms with Gasteiger partial charge in [-0.25, -0.2) is 0 Å². The van der Waals surface area contributed by atoms with Crippen molar-refractivity contribution in [2.75, 3.05) is 0 Å². The molecule has 1 fully saturated rings. The van der Waals surface area contributed by atoms with Gasteiger partial charge < -0.3 is 0 Å². The molecule has 0 amide bonds. The van der Waals surface area contributed by atoms with E-state index in [1.54, 1.807) is 0 Å². The summed E-state index contributed by atoms with van der Waals surface area (Å²) in [5.41, 5.74) is 1.49. The van der Waals surface area contributed by atoms with E-state index in [9.17, 15) is 0 Å². The predicted octanol–water partition coefficient (Wildman–Crippen LogP) is 3.67. The molecule has 1 aromatic heterocycles. The molecule has 0 saturated heterocycles. The molecule has 0 aromatic carbocycles. The van der Waals surface area contributed by atoms with Gasteiger partial charge in [-0.2, -0.15) is 5.10 Å². The van der Waals surface area contributed by atoms with Crippen LogP contribution in [0.3, 0.4) is 0 Å². The molecule has 0 unspecified atom stereocenters. The minimum absolute atomic E-state index is 0.0942. The number of hydrogen-bond donors (Lipinski definition) is 0. The summed E-state index contributed by atoms with van der Waals surface area (Å²) < 4.78 is 3.13. The first-order chi connectivity index (χ1) is 6.48. The van der Waals surface area contributed by atoms with E-state index in [1.807, 2.05) is 0 Å². The molecule has 0 atom stereocenters. The van der Waals surface area contributed by atoms with Crippen molar-refractivity contribution >= 4 is 15.9 Å². The largest absolute Gasteiger partial charge is 0.263 e. The van der Waals surface area contributed by atoms with Crippen molar-refractivity contribution in [3.63, 3.8) is 0 Å². The second-order valence-electron chi connectivity index (χ2n) is 5.10. The van der Waals surface area contributed by atoms with Gasteiger partial charge in [0.2, 0.25) is 0 Å². The molecule has 1 heterocycles. The summed E-state index contributed by atoms with van der Waals surface area (Å²) in [6.45, 7) is 6.61. The third kappa shape index (κ3) is 1.74. The first-order valence-corrected chi connectivity index (χ1v) is 6.04. The lowest BCUT2D eigenvalue weighted by atomic mass is 9.82. The van der Waals surface area contributed by atoms with E-state index in [4.69, 9.17) is 0 Å². The van der Waals surface area contributed by atoms with E-state index in [1.165, 1.54) is 25.0 Å². The SMILES string of the molecule is CC(C)(C)n1nc(Br)cc1C1CCC1. The van der Waals surface area contributed by atoms with Gasteiger partial charge in [-0.15, -0.1) is 0 Å². The summed E-state index contributed by atoms with van der Waals surface area (Å²) in [4.78, 5) is 0. The average Bonchev–Trinajstić information content (AvgIpc) is 2.26. The zero-order valence-electron chi connectivity index (χ0n) is 9.05. The van der Waals surface area contributed by atoms with E-state index in [0.29, 0.717) is 0 Å². The molecule has 1 aromatic rings. The van der Waals surface area contributed by atoms with Crippen molar-refractivity contribution in [2.45, 2.75) is 51.5 Å². The molecule has 1 aliphatic carbocycles. The lowest BCUT2D eigenvalue weighted by Gasteiger charge is -2.30. The second-order valence-corrected chi connectivity index (χ2v) is 5.91. The van der Waals surface area contributed by atoms with Crippen LogP contribution in [0.15, 0.2) is 10.7 Å². The first kappa shape index (κ1) is 10.2. The molecule has 2 nitrogen and oxygen atoms in total. The Kier molecular flexibility index (Phi) is 2.46. The van der Waals surface area contributed by atoms with Crippen molar-refractivity contribution in [1.29, 1.82) is 0 Å². The van der Waals surface area contributed by atoms with Gasteiger partial charge in [0.05, 0.1) is 5.54 Å². The zero-order valence-corrected chi connectivity index (χ0v) is 10.6. The van der Waals surface area contributed by atoms with Crippen LogP contribution in [0.1, 0.15) is 51.6 Å². The molecule has 0 N–H and O–H groups in total. The monoisotopic (exact) mass is 256 g/mol. The predicted molar refractivity (Wildman–Crippen MR) is 61.5 cm³/mol. The molecule has 0 spiro atoms. The summed E-state index contributed by atoms with van der Waals surface area (Å²) in [6, 6.07) is 2.18. The maximum atomic E-state index is 4.52.